The van der Waals surface area contributed by atoms with Gasteiger partial charge in [-0.1, -0.05) is 12.1 Å². The Morgan fingerprint density at radius 1 is 1.09 bits per heavy atom. The molecule has 0 unspecified atom stereocenters. The van der Waals surface area contributed by atoms with E-state index >= 15 is 0 Å². The van der Waals surface area contributed by atoms with Gasteiger partial charge in [-0.15, -0.1) is 11.3 Å². The molecule has 0 atom stereocenters. The number of nitrogens with zero attached hydrogens (tertiary/aromatic N) is 1. The van der Waals surface area contributed by atoms with Gasteiger partial charge in [0.25, 0.3) is 0 Å². The highest BCUT2D eigenvalue weighted by Crippen LogP contribution is 2.22. The highest BCUT2D eigenvalue weighted by atomic mass is 32.1. The van der Waals surface area contributed by atoms with Crippen molar-refractivity contribution in [3.63, 3.8) is 0 Å². The van der Waals surface area contributed by atoms with Crippen LogP contribution >= 0.6 is 11.3 Å². The highest BCUT2D eigenvalue weighted by Gasteiger charge is 2.03. The normalized spacial score (nSPS) is 11.0. The molecule has 0 aliphatic heterocycles. The van der Waals surface area contributed by atoms with E-state index in [0.29, 0.717) is 11.3 Å². The van der Waals surface area contributed by atoms with Crippen LogP contribution in [-0.4, -0.2) is 16.8 Å². The first-order valence-corrected chi connectivity index (χ1v) is 7.68. The lowest BCUT2D eigenvalue weighted by atomic mass is 10.2. The zero-order valence-electron chi connectivity index (χ0n) is 12.0. The van der Waals surface area contributed by atoms with E-state index in [1.807, 2.05) is 24.3 Å². The average molecular weight is 323 g/mol. The second-order valence-corrected chi connectivity index (χ2v) is 5.85. The number of carbonyl (C=O) groups is 2. The number of hydrogen-bond donors (Lipinski definition) is 2. The number of benzene rings is 2. The molecule has 0 aliphatic rings. The van der Waals surface area contributed by atoms with E-state index < -0.39 is 5.91 Å². The monoisotopic (exact) mass is 323 g/mol. The minimum absolute atomic E-state index is 0.268. The summed E-state index contributed by atoms with van der Waals surface area (Å²) in [6.07, 6.45) is 3.11. The topological polar surface area (TPSA) is 85.1 Å². The summed E-state index contributed by atoms with van der Waals surface area (Å²) in [6, 6.07) is 14.2. The van der Waals surface area contributed by atoms with Gasteiger partial charge in [0.1, 0.15) is 5.01 Å². The largest absolute Gasteiger partial charge is 0.366 e. The van der Waals surface area contributed by atoms with Crippen LogP contribution in [0.2, 0.25) is 0 Å². The predicted octanol–water partition coefficient (Wildman–Crippen LogP) is 3.05. The number of anilines is 1. The molecule has 23 heavy (non-hydrogen) atoms. The molecule has 0 saturated heterocycles. The fourth-order valence-electron chi connectivity index (χ4n) is 2.01. The number of aromatic nitrogens is 1. The number of carbonyl (C=O) groups excluding carboxylic acids is 2. The smallest absolute Gasteiger partial charge is 0.248 e. The molecular formula is C17H13N3O2S. The highest BCUT2D eigenvalue weighted by molar-refractivity contribution is 7.19. The second-order valence-electron chi connectivity index (χ2n) is 4.78. The van der Waals surface area contributed by atoms with Crippen molar-refractivity contribution in [2.75, 3.05) is 5.32 Å². The number of nitrogens with one attached hydrogen (secondary N) is 1. The Morgan fingerprint density at radius 3 is 2.52 bits per heavy atom. The van der Waals surface area contributed by atoms with Gasteiger partial charge in [-0.2, -0.15) is 0 Å². The molecule has 0 bridgehead atoms. The molecule has 0 fully saturated rings. The van der Waals surface area contributed by atoms with Gasteiger partial charge in [-0.05, 0) is 42.5 Å². The molecule has 3 rings (SSSR count). The molecule has 6 heteroatoms. The quantitative estimate of drug-likeness (QED) is 0.724. The molecule has 3 N–H and O–H groups in total. The van der Waals surface area contributed by atoms with Gasteiger partial charge in [0, 0.05) is 17.3 Å². The number of hydrogen-bond acceptors (Lipinski definition) is 4. The van der Waals surface area contributed by atoms with E-state index in [1.165, 1.54) is 17.4 Å². The van der Waals surface area contributed by atoms with Crippen LogP contribution < -0.4 is 11.1 Å². The van der Waals surface area contributed by atoms with Gasteiger partial charge in [0.2, 0.25) is 11.8 Å². The van der Waals surface area contributed by atoms with Crippen LogP contribution in [0.3, 0.4) is 0 Å². The van der Waals surface area contributed by atoms with Gasteiger partial charge in [-0.3, -0.25) is 9.59 Å². The van der Waals surface area contributed by atoms with E-state index in [-0.39, 0.29) is 5.91 Å². The van der Waals surface area contributed by atoms with Crippen molar-refractivity contribution in [2.24, 2.45) is 5.73 Å². The Balaban J connectivity index is 1.67. The third-order valence-electron chi connectivity index (χ3n) is 3.12. The maximum atomic E-state index is 11.9. The molecule has 2 amide bonds. The van der Waals surface area contributed by atoms with Crippen molar-refractivity contribution in [3.8, 4) is 0 Å². The molecule has 0 spiro atoms. The van der Waals surface area contributed by atoms with Gasteiger partial charge >= 0.3 is 0 Å². The maximum absolute atomic E-state index is 11.9. The fourth-order valence-corrected chi connectivity index (χ4v) is 2.88. The number of thiazole rings is 1. The molecule has 114 valence electrons. The molecule has 0 aliphatic carbocycles. The standard InChI is InChI=1S/C17H13N3O2S/c18-17(22)11-5-7-12(8-6-11)19-15(21)9-10-16-20-13-3-1-2-4-14(13)23-16/h1-10H,(H2,18,22)(H,19,21)/b10-9+. The Kier molecular flexibility index (Phi) is 4.16. The molecule has 5 nitrogen and oxygen atoms in total. The zero-order valence-corrected chi connectivity index (χ0v) is 12.8. The van der Waals surface area contributed by atoms with E-state index in [9.17, 15) is 9.59 Å². The summed E-state index contributed by atoms with van der Waals surface area (Å²) in [5.74, 6) is -0.769. The van der Waals surface area contributed by atoms with Gasteiger partial charge in [0.05, 0.1) is 10.2 Å². The molecule has 0 saturated carbocycles. The molecule has 2 aromatic carbocycles. The SMILES string of the molecule is NC(=O)c1ccc(NC(=O)/C=C/c2nc3ccccc3s2)cc1. The van der Waals surface area contributed by atoms with Gasteiger partial charge in [0.15, 0.2) is 0 Å². The van der Waals surface area contributed by atoms with Gasteiger partial charge < -0.3 is 11.1 Å². The lowest BCUT2D eigenvalue weighted by Gasteiger charge is -2.02. The van der Waals surface area contributed by atoms with Crippen molar-refractivity contribution in [1.29, 1.82) is 0 Å². The number of para-hydroxylation sites is 1. The lowest BCUT2D eigenvalue weighted by Crippen LogP contribution is -2.11. The molecule has 3 aromatic rings. The third kappa shape index (κ3) is 3.61. The minimum atomic E-state index is -0.501. The number of rotatable bonds is 4. The Morgan fingerprint density at radius 2 is 1.83 bits per heavy atom. The summed E-state index contributed by atoms with van der Waals surface area (Å²) in [6.45, 7) is 0. The van der Waals surface area contributed by atoms with Crippen molar-refractivity contribution in [2.45, 2.75) is 0 Å². The summed E-state index contributed by atoms with van der Waals surface area (Å²) < 4.78 is 1.08. The van der Waals surface area contributed by atoms with E-state index in [2.05, 4.69) is 10.3 Å². The number of primary amides is 1. The Bertz CT molecular complexity index is 865. The van der Waals surface area contributed by atoms with Crippen molar-refractivity contribution in [1.82, 2.24) is 4.98 Å². The van der Waals surface area contributed by atoms with Crippen molar-refractivity contribution in [3.05, 3.63) is 65.2 Å². The molecule has 0 radical (unpaired) electrons. The summed E-state index contributed by atoms with van der Waals surface area (Å²) in [5.41, 5.74) is 7.07. The molecular weight excluding hydrogens is 310 g/mol. The minimum Gasteiger partial charge on any atom is -0.366 e. The van der Waals surface area contributed by atoms with Crippen LogP contribution in [0.4, 0.5) is 5.69 Å². The van der Waals surface area contributed by atoms with Crippen molar-refractivity contribution >= 4 is 45.1 Å². The molecule has 1 aromatic heterocycles. The second kappa shape index (κ2) is 6.41. The van der Waals surface area contributed by atoms with Gasteiger partial charge in [-0.25, -0.2) is 4.98 Å². The number of nitrogens with two attached hydrogens (primary N) is 1. The van der Waals surface area contributed by atoms with E-state index in [1.54, 1.807) is 30.3 Å². The first-order valence-electron chi connectivity index (χ1n) is 6.86. The first-order chi connectivity index (χ1) is 11.1. The first kappa shape index (κ1) is 14.9. The van der Waals surface area contributed by atoms with Crippen LogP contribution in [0.25, 0.3) is 16.3 Å². The number of amides is 2. The molecule has 1 heterocycles. The van der Waals surface area contributed by atoms with E-state index in [0.717, 1.165) is 15.2 Å². The van der Waals surface area contributed by atoms with Crippen LogP contribution in [0.1, 0.15) is 15.4 Å². The zero-order chi connectivity index (χ0) is 16.2. The van der Waals surface area contributed by atoms with Crippen molar-refractivity contribution < 1.29 is 9.59 Å². The average Bonchev–Trinajstić information content (AvgIpc) is 2.96. The Hall–Kier alpha value is -2.99. The van der Waals surface area contributed by atoms with E-state index in [4.69, 9.17) is 5.73 Å². The number of fused-ring (bicyclic) bond motifs is 1. The summed E-state index contributed by atoms with van der Waals surface area (Å²) >= 11 is 1.52. The fraction of sp³-hybridized carbons (Fsp3) is 0. The maximum Gasteiger partial charge on any atom is 0.248 e. The predicted molar refractivity (Wildman–Crippen MR) is 92.2 cm³/mol. The van der Waals surface area contributed by atoms with Crippen LogP contribution in [0.5, 0.6) is 0 Å². The van der Waals surface area contributed by atoms with Crippen LogP contribution in [-0.2, 0) is 4.79 Å². The lowest BCUT2D eigenvalue weighted by molar-refractivity contribution is -0.111. The third-order valence-corrected chi connectivity index (χ3v) is 4.13. The summed E-state index contributed by atoms with van der Waals surface area (Å²) in [7, 11) is 0. The summed E-state index contributed by atoms with van der Waals surface area (Å²) in [5, 5.41) is 3.48. The summed E-state index contributed by atoms with van der Waals surface area (Å²) in [4.78, 5) is 27.3. The Labute approximate surface area is 136 Å². The van der Waals surface area contributed by atoms with Crippen LogP contribution in [0.15, 0.2) is 54.6 Å². The van der Waals surface area contributed by atoms with Crippen LogP contribution in [0, 0.1) is 0 Å².